The molecule has 0 radical (unpaired) electrons. The lowest BCUT2D eigenvalue weighted by Crippen LogP contribution is -2.33. The summed E-state index contributed by atoms with van der Waals surface area (Å²) in [6.45, 7) is -4.91. The van der Waals surface area contributed by atoms with Gasteiger partial charge in [0.25, 0.3) is 0 Å². The predicted molar refractivity (Wildman–Crippen MR) is 49.4 cm³/mol. The topological polar surface area (TPSA) is 17.8 Å². The average Bonchev–Trinajstić information content (AvgIpc) is 2.41. The van der Waals surface area contributed by atoms with Gasteiger partial charge in [0.1, 0.15) is 0 Å². The SMILES string of the molecule is Cn1cc2cc([B-](F)(F)F)ccc2n1. The first-order valence-electron chi connectivity index (χ1n) is 4.10. The first-order valence-corrected chi connectivity index (χ1v) is 4.10. The van der Waals surface area contributed by atoms with Crippen molar-refractivity contribution < 1.29 is 12.9 Å². The van der Waals surface area contributed by atoms with E-state index in [0.29, 0.717) is 10.9 Å². The number of aromatic nitrogens is 2. The lowest BCUT2D eigenvalue weighted by Gasteiger charge is -2.13. The van der Waals surface area contributed by atoms with Gasteiger partial charge in [-0.05, 0) is 6.07 Å². The first kappa shape index (κ1) is 9.11. The Bertz CT molecular complexity index is 475. The number of hydrogen-bond acceptors (Lipinski definition) is 1. The number of halogens is 3. The predicted octanol–water partition coefficient (Wildman–Crippen LogP) is 1.63. The third-order valence-electron chi connectivity index (χ3n) is 2.02. The Labute approximate surface area is 78.4 Å². The van der Waals surface area contributed by atoms with E-state index in [4.69, 9.17) is 0 Å². The molecule has 0 amide bonds. The van der Waals surface area contributed by atoms with Crippen molar-refractivity contribution in [1.82, 2.24) is 9.78 Å². The van der Waals surface area contributed by atoms with E-state index in [1.54, 1.807) is 13.2 Å². The van der Waals surface area contributed by atoms with Crippen molar-refractivity contribution in [3.8, 4) is 0 Å². The minimum absolute atomic E-state index is 0.518. The summed E-state index contributed by atoms with van der Waals surface area (Å²) in [7, 11) is 1.68. The molecule has 2 nitrogen and oxygen atoms in total. The van der Waals surface area contributed by atoms with Crippen LogP contribution in [0.3, 0.4) is 0 Å². The molecule has 2 aromatic rings. The Morgan fingerprint density at radius 3 is 2.64 bits per heavy atom. The Morgan fingerprint density at radius 2 is 2.00 bits per heavy atom. The summed E-state index contributed by atoms with van der Waals surface area (Å²) in [5.74, 6) is 0. The van der Waals surface area contributed by atoms with Gasteiger partial charge in [0.15, 0.2) is 0 Å². The van der Waals surface area contributed by atoms with E-state index in [9.17, 15) is 12.9 Å². The summed E-state index contributed by atoms with van der Waals surface area (Å²) in [5, 5.41) is 4.51. The van der Waals surface area contributed by atoms with Gasteiger partial charge in [-0.2, -0.15) is 5.10 Å². The number of rotatable bonds is 1. The van der Waals surface area contributed by atoms with Crippen LogP contribution in [0.25, 0.3) is 10.9 Å². The summed E-state index contributed by atoms with van der Waals surface area (Å²) in [5.41, 5.74) is 0.00167. The van der Waals surface area contributed by atoms with Crippen LogP contribution >= 0.6 is 0 Å². The molecule has 0 atom stereocenters. The molecule has 0 unspecified atom stereocenters. The van der Waals surface area contributed by atoms with Crippen LogP contribution in [0.15, 0.2) is 24.4 Å². The average molecular weight is 199 g/mol. The van der Waals surface area contributed by atoms with Gasteiger partial charge >= 0.3 is 6.98 Å². The van der Waals surface area contributed by atoms with Crippen molar-refractivity contribution in [3.63, 3.8) is 0 Å². The number of fused-ring (bicyclic) bond motifs is 1. The molecule has 2 rings (SSSR count). The maximum absolute atomic E-state index is 12.4. The highest BCUT2D eigenvalue weighted by molar-refractivity contribution is 6.73. The zero-order valence-electron chi connectivity index (χ0n) is 7.42. The van der Waals surface area contributed by atoms with Crippen LogP contribution in [0.1, 0.15) is 0 Å². The van der Waals surface area contributed by atoms with Gasteiger partial charge in [0, 0.05) is 18.6 Å². The fourth-order valence-electron chi connectivity index (χ4n) is 1.37. The molecule has 14 heavy (non-hydrogen) atoms. The van der Waals surface area contributed by atoms with E-state index < -0.39 is 12.4 Å². The van der Waals surface area contributed by atoms with E-state index >= 15 is 0 Å². The van der Waals surface area contributed by atoms with E-state index in [1.165, 1.54) is 10.7 Å². The Hall–Kier alpha value is -1.46. The Balaban J connectivity index is 2.62. The van der Waals surface area contributed by atoms with Crippen LogP contribution in [0.4, 0.5) is 12.9 Å². The molecule has 0 saturated heterocycles. The Morgan fingerprint density at radius 1 is 1.29 bits per heavy atom. The summed E-state index contributed by atoms with van der Waals surface area (Å²) in [6.07, 6.45) is 1.57. The fraction of sp³-hybridized carbons (Fsp3) is 0.125. The summed E-state index contributed by atoms with van der Waals surface area (Å²) in [6, 6.07) is 3.58. The van der Waals surface area contributed by atoms with Crippen LogP contribution < -0.4 is 5.46 Å². The summed E-state index contributed by atoms with van der Waals surface area (Å²) in [4.78, 5) is 0. The zero-order chi connectivity index (χ0) is 10.3. The molecule has 1 aromatic heterocycles. The molecule has 0 spiro atoms. The van der Waals surface area contributed by atoms with Crippen LogP contribution in [0.5, 0.6) is 0 Å². The molecule has 0 saturated carbocycles. The fourth-order valence-corrected chi connectivity index (χ4v) is 1.37. The van der Waals surface area contributed by atoms with Crippen LogP contribution in [-0.2, 0) is 7.05 Å². The third-order valence-corrected chi connectivity index (χ3v) is 2.02. The Kier molecular flexibility index (Phi) is 1.80. The van der Waals surface area contributed by atoms with Gasteiger partial charge in [0.05, 0.1) is 5.52 Å². The molecule has 74 valence electrons. The van der Waals surface area contributed by atoms with Crippen LogP contribution in [-0.4, -0.2) is 16.8 Å². The van der Waals surface area contributed by atoms with Gasteiger partial charge in [-0.1, -0.05) is 12.1 Å². The second-order valence-corrected chi connectivity index (χ2v) is 3.20. The molecule has 1 aromatic carbocycles. The summed E-state index contributed by atoms with van der Waals surface area (Å²) >= 11 is 0. The number of nitrogens with zero attached hydrogens (tertiary/aromatic N) is 2. The number of aryl methyl sites for hydroxylation is 1. The molecular weight excluding hydrogens is 192 g/mol. The number of benzene rings is 1. The maximum atomic E-state index is 12.4. The second-order valence-electron chi connectivity index (χ2n) is 3.20. The van der Waals surface area contributed by atoms with Crippen molar-refractivity contribution in [3.05, 3.63) is 24.4 Å². The van der Waals surface area contributed by atoms with Gasteiger partial charge < -0.3 is 12.9 Å². The quantitative estimate of drug-likeness (QED) is 0.638. The van der Waals surface area contributed by atoms with E-state index in [2.05, 4.69) is 5.10 Å². The first-order chi connectivity index (χ1) is 6.47. The van der Waals surface area contributed by atoms with Crippen LogP contribution in [0, 0.1) is 0 Å². The van der Waals surface area contributed by atoms with Gasteiger partial charge in [-0.25, -0.2) is 0 Å². The molecule has 0 N–H and O–H groups in total. The van der Waals surface area contributed by atoms with Crippen molar-refractivity contribution >= 4 is 23.3 Å². The lowest BCUT2D eigenvalue weighted by molar-refractivity contribution is 0.501. The highest BCUT2D eigenvalue weighted by Crippen LogP contribution is 2.14. The van der Waals surface area contributed by atoms with Crippen molar-refractivity contribution in [2.75, 3.05) is 0 Å². The van der Waals surface area contributed by atoms with E-state index in [-0.39, 0.29) is 0 Å². The highest BCUT2D eigenvalue weighted by atomic mass is 19.4. The molecule has 0 aliphatic carbocycles. The molecule has 0 aliphatic rings. The minimum atomic E-state index is -4.91. The number of hydrogen-bond donors (Lipinski definition) is 0. The second kappa shape index (κ2) is 2.77. The maximum Gasteiger partial charge on any atom is 0.509 e. The molecular formula is C8H7BF3N2-. The molecule has 1 heterocycles. The van der Waals surface area contributed by atoms with E-state index in [0.717, 1.165) is 12.1 Å². The normalized spacial score (nSPS) is 12.3. The van der Waals surface area contributed by atoms with Crippen molar-refractivity contribution in [2.45, 2.75) is 0 Å². The van der Waals surface area contributed by atoms with Gasteiger partial charge in [-0.15, -0.1) is 5.46 Å². The van der Waals surface area contributed by atoms with Crippen LogP contribution in [0.2, 0.25) is 0 Å². The monoisotopic (exact) mass is 199 g/mol. The lowest BCUT2D eigenvalue weighted by atomic mass is 9.80. The molecule has 0 bridgehead atoms. The van der Waals surface area contributed by atoms with E-state index in [1.807, 2.05) is 0 Å². The van der Waals surface area contributed by atoms with Crippen molar-refractivity contribution in [2.24, 2.45) is 7.05 Å². The molecule has 0 fully saturated rings. The highest BCUT2D eigenvalue weighted by Gasteiger charge is 2.25. The smallest absolute Gasteiger partial charge is 0.445 e. The van der Waals surface area contributed by atoms with Crippen molar-refractivity contribution in [1.29, 1.82) is 0 Å². The summed E-state index contributed by atoms with van der Waals surface area (Å²) < 4.78 is 38.6. The largest absolute Gasteiger partial charge is 0.509 e. The van der Waals surface area contributed by atoms with Gasteiger partial charge in [-0.3, -0.25) is 4.68 Å². The third kappa shape index (κ3) is 1.47. The van der Waals surface area contributed by atoms with Gasteiger partial charge in [0.2, 0.25) is 0 Å². The zero-order valence-corrected chi connectivity index (χ0v) is 7.42. The molecule has 6 heteroatoms. The molecule has 0 aliphatic heterocycles. The minimum Gasteiger partial charge on any atom is -0.445 e. The standard InChI is InChI=1S/C8H7BF3N2/c1-14-5-6-4-7(9(10,11)12)2-3-8(6)13-14/h2-5H,1H3/q-1.